The zero-order chi connectivity index (χ0) is 24.5. The first kappa shape index (κ1) is 20.1. The number of pyridine rings is 1. The first-order valence-electron chi connectivity index (χ1n) is 12.1. The van der Waals surface area contributed by atoms with Gasteiger partial charge in [-0.25, -0.2) is 4.98 Å². The van der Waals surface area contributed by atoms with Crippen molar-refractivity contribution in [3.63, 3.8) is 0 Å². The van der Waals surface area contributed by atoms with Crippen molar-refractivity contribution in [1.82, 2.24) is 28.7 Å². The lowest BCUT2D eigenvalue weighted by atomic mass is 10.1. The number of imidazole rings is 1. The van der Waals surface area contributed by atoms with Gasteiger partial charge in [0.2, 0.25) is 5.95 Å². The Labute approximate surface area is 210 Å². The lowest BCUT2D eigenvalue weighted by Gasteiger charge is -2.11. The molecule has 0 saturated heterocycles. The third-order valence-corrected chi connectivity index (χ3v) is 7.11. The quantitative estimate of drug-likeness (QED) is 0.265. The van der Waals surface area contributed by atoms with Crippen molar-refractivity contribution in [3.8, 4) is 17.4 Å². The molecule has 8 rings (SSSR count). The third-order valence-electron chi connectivity index (χ3n) is 7.11. The Kier molecular flexibility index (Phi) is 4.02. The Balaban J connectivity index is 1.31. The van der Waals surface area contributed by atoms with E-state index in [2.05, 4.69) is 80.4 Å². The molecule has 0 atom stereocenters. The number of ether oxygens (including phenoxy) is 1. The van der Waals surface area contributed by atoms with E-state index >= 15 is 0 Å². The van der Waals surface area contributed by atoms with Crippen LogP contribution in [0.5, 0.6) is 11.5 Å². The van der Waals surface area contributed by atoms with E-state index in [4.69, 9.17) is 4.74 Å². The monoisotopic (exact) mass is 480 g/mol. The minimum atomic E-state index is 0.742. The predicted molar refractivity (Wildman–Crippen MR) is 146 cm³/mol. The summed E-state index contributed by atoms with van der Waals surface area (Å²) in [4.78, 5) is 4.62. The summed E-state index contributed by atoms with van der Waals surface area (Å²) in [5.74, 6) is 2.35. The van der Waals surface area contributed by atoms with E-state index in [9.17, 15) is 0 Å². The first-order chi connectivity index (χ1) is 18.3. The van der Waals surface area contributed by atoms with Crippen LogP contribution in [0.4, 0.5) is 0 Å². The Morgan fingerprint density at radius 3 is 2.19 bits per heavy atom. The fourth-order valence-electron chi connectivity index (χ4n) is 5.45. The van der Waals surface area contributed by atoms with E-state index in [0.29, 0.717) is 0 Å². The van der Waals surface area contributed by atoms with Crippen LogP contribution in [0, 0.1) is 0 Å². The molecule has 8 aromatic rings. The first-order valence-corrected chi connectivity index (χ1v) is 12.1. The number of fused-ring (bicyclic) bond motifs is 9. The number of hydrogen-bond acceptors (Lipinski definition) is 4. The molecule has 37 heavy (non-hydrogen) atoms. The SMILES string of the molecule is Cn1ccnc1-n1c2ccccc2c2ccc(Oc3ccc4c5ccccc5n5cnnc5c4c3)cc21. The van der Waals surface area contributed by atoms with Crippen molar-refractivity contribution in [2.24, 2.45) is 7.05 Å². The summed E-state index contributed by atoms with van der Waals surface area (Å²) in [6.07, 6.45) is 5.54. The minimum absolute atomic E-state index is 0.742. The summed E-state index contributed by atoms with van der Waals surface area (Å²) in [6.45, 7) is 0. The number of para-hydroxylation sites is 2. The summed E-state index contributed by atoms with van der Waals surface area (Å²) < 4.78 is 12.7. The van der Waals surface area contributed by atoms with Crippen LogP contribution in [0.3, 0.4) is 0 Å². The molecule has 4 heterocycles. The molecule has 0 bridgehead atoms. The van der Waals surface area contributed by atoms with E-state index < -0.39 is 0 Å². The Morgan fingerprint density at radius 2 is 1.38 bits per heavy atom. The van der Waals surface area contributed by atoms with Crippen LogP contribution in [0.1, 0.15) is 0 Å². The van der Waals surface area contributed by atoms with Gasteiger partial charge in [0, 0.05) is 47.1 Å². The molecule has 0 saturated carbocycles. The van der Waals surface area contributed by atoms with Crippen molar-refractivity contribution in [2.45, 2.75) is 0 Å². The summed E-state index contributed by atoms with van der Waals surface area (Å²) in [7, 11) is 2.01. The van der Waals surface area contributed by atoms with E-state index in [0.717, 1.165) is 61.2 Å². The highest BCUT2D eigenvalue weighted by Crippen LogP contribution is 2.36. The lowest BCUT2D eigenvalue weighted by molar-refractivity contribution is 0.484. The molecule has 176 valence electrons. The van der Waals surface area contributed by atoms with Crippen LogP contribution >= 0.6 is 0 Å². The average Bonchev–Trinajstić information content (AvgIpc) is 3.66. The van der Waals surface area contributed by atoms with Crippen LogP contribution in [0.2, 0.25) is 0 Å². The number of rotatable bonds is 3. The average molecular weight is 481 g/mol. The fourth-order valence-corrected chi connectivity index (χ4v) is 5.45. The second-order valence-electron chi connectivity index (χ2n) is 9.22. The molecule has 0 aliphatic carbocycles. The van der Waals surface area contributed by atoms with Crippen molar-refractivity contribution < 1.29 is 4.74 Å². The zero-order valence-electron chi connectivity index (χ0n) is 19.9. The number of nitrogens with zero attached hydrogens (tertiary/aromatic N) is 6. The molecule has 0 radical (unpaired) electrons. The van der Waals surface area contributed by atoms with E-state index in [1.165, 1.54) is 5.39 Å². The van der Waals surface area contributed by atoms with Gasteiger partial charge in [0.25, 0.3) is 0 Å². The molecule has 0 spiro atoms. The molecule has 7 heteroatoms. The van der Waals surface area contributed by atoms with E-state index in [-0.39, 0.29) is 0 Å². The summed E-state index contributed by atoms with van der Waals surface area (Å²) >= 11 is 0. The molecular formula is C30H20N6O. The van der Waals surface area contributed by atoms with Gasteiger partial charge in [-0.15, -0.1) is 10.2 Å². The molecular weight excluding hydrogens is 460 g/mol. The summed E-state index contributed by atoms with van der Waals surface area (Å²) in [5, 5.41) is 14.2. The molecule has 7 nitrogen and oxygen atoms in total. The second-order valence-corrected chi connectivity index (χ2v) is 9.22. The summed E-state index contributed by atoms with van der Waals surface area (Å²) in [5.41, 5.74) is 4.04. The van der Waals surface area contributed by atoms with Gasteiger partial charge in [0.05, 0.1) is 16.6 Å². The highest BCUT2D eigenvalue weighted by molar-refractivity contribution is 6.12. The standard InChI is InChI=1S/C30H20N6O/c1-34-15-14-31-30(34)36-27-9-5-3-7-23(27)24-13-11-20(17-28(24)36)37-19-10-12-21-22-6-2-4-8-26(22)35-18-32-33-29(35)25(21)16-19/h2-18H,1H3. The molecule has 0 aliphatic heterocycles. The Morgan fingerprint density at radius 1 is 0.676 bits per heavy atom. The highest BCUT2D eigenvalue weighted by atomic mass is 16.5. The zero-order valence-corrected chi connectivity index (χ0v) is 19.9. The highest BCUT2D eigenvalue weighted by Gasteiger charge is 2.16. The van der Waals surface area contributed by atoms with Crippen LogP contribution in [-0.2, 0) is 7.05 Å². The second kappa shape index (κ2) is 7.41. The molecule has 4 aromatic carbocycles. The Bertz CT molecular complexity index is 2150. The van der Waals surface area contributed by atoms with Crippen LogP contribution in [0.15, 0.2) is 104 Å². The lowest BCUT2D eigenvalue weighted by Crippen LogP contribution is -2.02. The molecule has 4 aromatic heterocycles. The third kappa shape index (κ3) is 2.85. The maximum Gasteiger partial charge on any atom is 0.214 e. The molecule has 0 unspecified atom stereocenters. The molecule has 0 aliphatic rings. The van der Waals surface area contributed by atoms with Gasteiger partial charge in [0.15, 0.2) is 5.65 Å². The van der Waals surface area contributed by atoms with Gasteiger partial charge >= 0.3 is 0 Å². The fraction of sp³-hybridized carbons (Fsp3) is 0.0333. The minimum Gasteiger partial charge on any atom is -0.457 e. The van der Waals surface area contributed by atoms with Gasteiger partial charge in [-0.3, -0.25) is 8.97 Å². The topological polar surface area (TPSA) is 62.2 Å². The molecule has 0 N–H and O–H groups in total. The smallest absolute Gasteiger partial charge is 0.214 e. The maximum absolute atomic E-state index is 6.43. The maximum atomic E-state index is 6.43. The van der Waals surface area contributed by atoms with Gasteiger partial charge in [-0.05, 0) is 47.9 Å². The van der Waals surface area contributed by atoms with Gasteiger partial charge in [0.1, 0.15) is 17.8 Å². The number of benzene rings is 4. The van der Waals surface area contributed by atoms with E-state index in [1.807, 2.05) is 52.7 Å². The Hall–Kier alpha value is -5.17. The number of hydrogen-bond donors (Lipinski definition) is 0. The van der Waals surface area contributed by atoms with E-state index in [1.54, 1.807) is 6.33 Å². The largest absolute Gasteiger partial charge is 0.457 e. The van der Waals surface area contributed by atoms with Crippen LogP contribution in [0.25, 0.3) is 55.1 Å². The van der Waals surface area contributed by atoms with Crippen LogP contribution < -0.4 is 4.74 Å². The van der Waals surface area contributed by atoms with Gasteiger partial charge in [-0.1, -0.05) is 36.4 Å². The van der Waals surface area contributed by atoms with Crippen molar-refractivity contribution in [2.75, 3.05) is 0 Å². The van der Waals surface area contributed by atoms with Gasteiger partial charge < -0.3 is 9.30 Å². The van der Waals surface area contributed by atoms with Crippen molar-refractivity contribution in [3.05, 3.63) is 104 Å². The summed E-state index contributed by atoms with van der Waals surface area (Å²) in [6, 6.07) is 29.1. The number of aryl methyl sites for hydroxylation is 1. The number of aromatic nitrogens is 6. The van der Waals surface area contributed by atoms with Crippen molar-refractivity contribution >= 4 is 49.1 Å². The molecule has 0 amide bonds. The van der Waals surface area contributed by atoms with Crippen molar-refractivity contribution in [1.29, 1.82) is 0 Å². The normalized spacial score (nSPS) is 11.9. The predicted octanol–water partition coefficient (Wildman–Crippen LogP) is 6.66. The molecule has 0 fully saturated rings. The van der Waals surface area contributed by atoms with Crippen LogP contribution in [-0.4, -0.2) is 28.7 Å². The van der Waals surface area contributed by atoms with Gasteiger partial charge in [-0.2, -0.15) is 0 Å².